The van der Waals surface area contributed by atoms with Crippen molar-refractivity contribution < 1.29 is 0 Å². The third kappa shape index (κ3) is 4.51. The highest BCUT2D eigenvalue weighted by Crippen LogP contribution is 2.51. The zero-order valence-corrected chi connectivity index (χ0v) is 16.1. The van der Waals surface area contributed by atoms with Gasteiger partial charge >= 0.3 is 0 Å². The Labute approximate surface area is 152 Å². The molecule has 1 heterocycles. The number of nitrogens with one attached hydrogen (secondary N) is 2. The van der Waals surface area contributed by atoms with Crippen LogP contribution in [0.3, 0.4) is 0 Å². The summed E-state index contributed by atoms with van der Waals surface area (Å²) in [4.78, 5) is 11.5. The predicted octanol–water partition coefficient (Wildman–Crippen LogP) is 3.75. The van der Waals surface area contributed by atoms with Gasteiger partial charge in [-0.05, 0) is 38.8 Å². The fourth-order valence-electron chi connectivity index (χ4n) is 2.43. The summed E-state index contributed by atoms with van der Waals surface area (Å²) in [5, 5.41) is 7.95. The zero-order chi connectivity index (χ0) is 17.0. The van der Waals surface area contributed by atoms with E-state index in [4.69, 9.17) is 0 Å². The van der Waals surface area contributed by atoms with Crippen LogP contribution in [0.5, 0.6) is 0 Å². The van der Waals surface area contributed by atoms with Crippen LogP contribution in [0, 0.1) is 13.8 Å². The molecule has 6 heteroatoms. The summed E-state index contributed by atoms with van der Waals surface area (Å²) >= 11 is 3.72. The van der Waals surface area contributed by atoms with Gasteiger partial charge < -0.3 is 10.6 Å². The normalized spacial score (nSPS) is 16.0. The number of aliphatic imine (C=N–C) groups is 1. The lowest BCUT2D eigenvalue weighted by atomic mass is 10.4. The van der Waals surface area contributed by atoms with Gasteiger partial charge in [0.1, 0.15) is 5.01 Å². The number of hydrogen-bond acceptors (Lipinski definition) is 4. The van der Waals surface area contributed by atoms with Gasteiger partial charge in [0.05, 0.1) is 12.2 Å². The second-order valence-corrected chi connectivity index (χ2v) is 8.96. The summed E-state index contributed by atoms with van der Waals surface area (Å²) in [5.41, 5.74) is 1.12. The Morgan fingerprint density at radius 2 is 2.00 bits per heavy atom. The van der Waals surface area contributed by atoms with Crippen molar-refractivity contribution in [1.29, 1.82) is 0 Å². The second kappa shape index (κ2) is 7.57. The lowest BCUT2D eigenvalue weighted by Gasteiger charge is -2.18. The SMILES string of the molecule is CN=C(NCc1nc(C)c(C)s1)NCC1(Sc2ccccc2)CC1. The molecular weight excluding hydrogens is 336 g/mol. The molecular formula is C18H24N4S2. The van der Waals surface area contributed by atoms with Gasteiger partial charge in [0.25, 0.3) is 0 Å². The summed E-state index contributed by atoms with van der Waals surface area (Å²) in [7, 11) is 1.82. The third-order valence-electron chi connectivity index (χ3n) is 4.17. The van der Waals surface area contributed by atoms with E-state index >= 15 is 0 Å². The van der Waals surface area contributed by atoms with Crippen LogP contribution in [0.4, 0.5) is 0 Å². The molecule has 0 atom stereocenters. The molecule has 0 amide bonds. The molecule has 1 aromatic carbocycles. The van der Waals surface area contributed by atoms with Gasteiger partial charge in [-0.25, -0.2) is 4.98 Å². The minimum absolute atomic E-state index is 0.313. The van der Waals surface area contributed by atoms with Crippen LogP contribution in [0.1, 0.15) is 28.4 Å². The lowest BCUT2D eigenvalue weighted by Crippen LogP contribution is -2.40. The zero-order valence-electron chi connectivity index (χ0n) is 14.4. The molecule has 1 aliphatic rings. The summed E-state index contributed by atoms with van der Waals surface area (Å²) in [6.45, 7) is 5.82. The summed E-state index contributed by atoms with van der Waals surface area (Å²) < 4.78 is 0.313. The molecule has 128 valence electrons. The Morgan fingerprint density at radius 3 is 2.58 bits per heavy atom. The standard InChI is InChI=1S/C18H24N4S2/c1-13-14(2)23-16(22-13)11-20-17(19-3)21-12-18(9-10-18)24-15-7-5-4-6-8-15/h4-8H,9-12H2,1-3H3,(H2,19,20,21). The summed E-state index contributed by atoms with van der Waals surface area (Å²) in [6.07, 6.45) is 2.50. The second-order valence-electron chi connectivity index (χ2n) is 6.13. The molecule has 4 nitrogen and oxygen atoms in total. The molecule has 0 unspecified atom stereocenters. The molecule has 0 aliphatic heterocycles. The van der Waals surface area contributed by atoms with E-state index < -0.39 is 0 Å². The maximum Gasteiger partial charge on any atom is 0.191 e. The number of rotatable bonds is 6. The van der Waals surface area contributed by atoms with E-state index in [1.165, 1.54) is 22.6 Å². The van der Waals surface area contributed by atoms with Gasteiger partial charge in [0, 0.05) is 28.1 Å². The number of aryl methyl sites for hydroxylation is 2. The molecule has 3 rings (SSSR count). The molecule has 0 saturated heterocycles. The van der Waals surface area contributed by atoms with Crippen molar-refractivity contribution in [2.24, 2.45) is 4.99 Å². The molecule has 1 fully saturated rings. The van der Waals surface area contributed by atoms with E-state index in [1.54, 1.807) is 11.3 Å². The lowest BCUT2D eigenvalue weighted by molar-refractivity contribution is 0.764. The number of hydrogen-bond donors (Lipinski definition) is 2. The van der Waals surface area contributed by atoms with E-state index in [1.807, 2.05) is 18.8 Å². The first kappa shape index (κ1) is 17.3. The fourth-order valence-corrected chi connectivity index (χ4v) is 4.55. The number of aromatic nitrogens is 1. The average molecular weight is 361 g/mol. The van der Waals surface area contributed by atoms with E-state index in [9.17, 15) is 0 Å². The van der Waals surface area contributed by atoms with E-state index in [0.717, 1.165) is 29.8 Å². The van der Waals surface area contributed by atoms with E-state index in [-0.39, 0.29) is 0 Å². The van der Waals surface area contributed by atoms with Crippen LogP contribution in [-0.2, 0) is 6.54 Å². The van der Waals surface area contributed by atoms with Gasteiger partial charge in [0.2, 0.25) is 0 Å². The average Bonchev–Trinajstić information content (AvgIpc) is 3.27. The number of benzene rings is 1. The molecule has 1 aliphatic carbocycles. The van der Waals surface area contributed by atoms with Gasteiger partial charge in [-0.15, -0.1) is 23.1 Å². The largest absolute Gasteiger partial charge is 0.355 e. The summed E-state index contributed by atoms with van der Waals surface area (Å²) in [5.74, 6) is 0.848. The van der Waals surface area contributed by atoms with Crippen LogP contribution >= 0.6 is 23.1 Å². The predicted molar refractivity (Wildman–Crippen MR) is 104 cm³/mol. The molecule has 2 N–H and O–H groups in total. The first-order chi connectivity index (χ1) is 11.6. The van der Waals surface area contributed by atoms with Crippen molar-refractivity contribution >= 4 is 29.1 Å². The van der Waals surface area contributed by atoms with Gasteiger partial charge in [-0.2, -0.15) is 0 Å². The van der Waals surface area contributed by atoms with E-state index in [2.05, 4.69) is 64.8 Å². The number of thiazole rings is 1. The Bertz CT molecular complexity index is 686. The maximum atomic E-state index is 4.56. The van der Waals surface area contributed by atoms with Crippen LogP contribution in [0.2, 0.25) is 0 Å². The Balaban J connectivity index is 1.49. The fraction of sp³-hybridized carbons (Fsp3) is 0.444. The highest BCUT2D eigenvalue weighted by atomic mass is 32.2. The highest BCUT2D eigenvalue weighted by Gasteiger charge is 2.43. The molecule has 0 radical (unpaired) electrons. The van der Waals surface area contributed by atoms with Crippen molar-refractivity contribution in [3.8, 4) is 0 Å². The van der Waals surface area contributed by atoms with Gasteiger partial charge in [-0.1, -0.05) is 18.2 Å². The Kier molecular flexibility index (Phi) is 5.46. The van der Waals surface area contributed by atoms with Gasteiger partial charge in [0.15, 0.2) is 5.96 Å². The molecule has 1 saturated carbocycles. The molecule has 0 spiro atoms. The smallest absolute Gasteiger partial charge is 0.191 e. The molecule has 2 aromatic rings. The van der Waals surface area contributed by atoms with Gasteiger partial charge in [-0.3, -0.25) is 4.99 Å². The van der Waals surface area contributed by atoms with Crippen molar-refractivity contribution in [2.45, 2.75) is 42.9 Å². The van der Waals surface area contributed by atoms with Crippen molar-refractivity contribution in [2.75, 3.05) is 13.6 Å². The number of guanidine groups is 1. The number of thioether (sulfide) groups is 1. The maximum absolute atomic E-state index is 4.56. The molecule has 24 heavy (non-hydrogen) atoms. The minimum atomic E-state index is 0.313. The monoisotopic (exact) mass is 360 g/mol. The van der Waals surface area contributed by atoms with Crippen LogP contribution in [0.15, 0.2) is 40.2 Å². The Morgan fingerprint density at radius 1 is 1.25 bits per heavy atom. The van der Waals surface area contributed by atoms with Crippen LogP contribution in [0.25, 0.3) is 0 Å². The topological polar surface area (TPSA) is 49.3 Å². The van der Waals surface area contributed by atoms with Crippen molar-refractivity contribution in [3.05, 3.63) is 45.9 Å². The number of nitrogens with zero attached hydrogens (tertiary/aromatic N) is 2. The first-order valence-electron chi connectivity index (χ1n) is 8.22. The quantitative estimate of drug-likeness (QED) is 0.608. The highest BCUT2D eigenvalue weighted by molar-refractivity contribution is 8.01. The van der Waals surface area contributed by atoms with Crippen molar-refractivity contribution in [3.63, 3.8) is 0 Å². The van der Waals surface area contributed by atoms with E-state index in [0.29, 0.717) is 4.75 Å². The van der Waals surface area contributed by atoms with Crippen LogP contribution < -0.4 is 10.6 Å². The Hall–Kier alpha value is -1.53. The van der Waals surface area contributed by atoms with Crippen molar-refractivity contribution in [1.82, 2.24) is 15.6 Å². The molecule has 1 aromatic heterocycles. The minimum Gasteiger partial charge on any atom is -0.355 e. The first-order valence-corrected chi connectivity index (χ1v) is 9.85. The van der Waals surface area contributed by atoms with Crippen LogP contribution in [-0.4, -0.2) is 29.3 Å². The third-order valence-corrected chi connectivity index (χ3v) is 6.73. The summed E-state index contributed by atoms with van der Waals surface area (Å²) in [6, 6.07) is 10.6. The molecule has 0 bridgehead atoms.